The van der Waals surface area contributed by atoms with E-state index >= 15 is 0 Å². The molecular formula is C20H25N5O3S. The Hall–Kier alpha value is -2.78. The number of fused-ring (bicyclic) bond motifs is 1. The van der Waals surface area contributed by atoms with Gasteiger partial charge < -0.3 is 14.4 Å². The van der Waals surface area contributed by atoms with Crippen LogP contribution in [-0.2, 0) is 0 Å². The molecule has 2 heterocycles. The summed E-state index contributed by atoms with van der Waals surface area (Å²) in [6.45, 7) is 5.25. The quantitative estimate of drug-likeness (QED) is 0.587. The summed E-state index contributed by atoms with van der Waals surface area (Å²) in [7, 11) is 6.86. The smallest absolute Gasteiger partial charge is 0.320 e. The van der Waals surface area contributed by atoms with Gasteiger partial charge in [0.2, 0.25) is 5.88 Å². The molecule has 0 aliphatic carbocycles. The summed E-state index contributed by atoms with van der Waals surface area (Å²) in [5.74, 6) is -0.0113. The first-order valence-corrected chi connectivity index (χ1v) is 9.95. The highest BCUT2D eigenvalue weighted by atomic mass is 32.1. The lowest BCUT2D eigenvalue weighted by Gasteiger charge is -2.21. The van der Waals surface area contributed by atoms with Crippen LogP contribution in [0.5, 0.6) is 11.9 Å². The van der Waals surface area contributed by atoms with E-state index in [-0.39, 0.29) is 23.5 Å². The van der Waals surface area contributed by atoms with Crippen LogP contribution in [0, 0.1) is 13.8 Å². The van der Waals surface area contributed by atoms with Crippen molar-refractivity contribution in [1.29, 1.82) is 0 Å². The van der Waals surface area contributed by atoms with Crippen LogP contribution in [0.15, 0.2) is 18.2 Å². The van der Waals surface area contributed by atoms with Crippen LogP contribution in [0.3, 0.4) is 0 Å². The Balaban J connectivity index is 2.06. The zero-order chi connectivity index (χ0) is 21.1. The van der Waals surface area contributed by atoms with Crippen molar-refractivity contribution >= 4 is 32.6 Å². The summed E-state index contributed by atoms with van der Waals surface area (Å²) in [6.07, 6.45) is 0. The Bertz CT molecular complexity index is 1010. The number of carbonyl (C=O) groups is 1. The average molecular weight is 416 g/mol. The lowest BCUT2D eigenvalue weighted by Crippen LogP contribution is -2.37. The second-order valence-electron chi connectivity index (χ2n) is 6.97. The molecule has 154 valence electrons. The van der Waals surface area contributed by atoms with Gasteiger partial charge >= 0.3 is 6.01 Å². The summed E-state index contributed by atoms with van der Waals surface area (Å²) >= 11 is 1.50. The van der Waals surface area contributed by atoms with Crippen LogP contribution in [0.1, 0.15) is 21.6 Å². The molecule has 0 saturated carbocycles. The van der Waals surface area contributed by atoms with Gasteiger partial charge in [0.25, 0.3) is 5.91 Å². The summed E-state index contributed by atoms with van der Waals surface area (Å²) in [5, 5.41) is 0.636. The maximum absolute atomic E-state index is 13.4. The zero-order valence-electron chi connectivity index (χ0n) is 17.5. The number of benzene rings is 1. The van der Waals surface area contributed by atoms with Gasteiger partial charge in [-0.3, -0.25) is 9.69 Å². The first kappa shape index (κ1) is 20.9. The average Bonchev–Trinajstić information content (AvgIpc) is 3.11. The topological polar surface area (TPSA) is 80.7 Å². The van der Waals surface area contributed by atoms with Crippen molar-refractivity contribution in [2.75, 3.05) is 46.3 Å². The number of rotatable bonds is 7. The summed E-state index contributed by atoms with van der Waals surface area (Å²) in [6, 6.07) is 5.75. The fourth-order valence-electron chi connectivity index (χ4n) is 2.91. The predicted octanol–water partition coefficient (Wildman–Crippen LogP) is 2.93. The van der Waals surface area contributed by atoms with Crippen molar-refractivity contribution in [2.24, 2.45) is 0 Å². The molecule has 3 aromatic rings. The minimum atomic E-state index is -0.278. The molecule has 3 rings (SSSR count). The third-order valence-electron chi connectivity index (χ3n) is 4.35. The standard InChI is InChI=1S/C20H25N5O3S/c1-12-9-13(2)17-14(10-12)22-20(29-17)25(8-7-24(3)4)18(26)15-11-16(27-5)23-19(21-15)28-6/h9-11H,7-8H2,1-6H3. The molecule has 1 amide bonds. The molecule has 1 aromatic carbocycles. The summed E-state index contributed by atoms with van der Waals surface area (Å²) < 4.78 is 11.4. The minimum Gasteiger partial charge on any atom is -0.481 e. The first-order valence-electron chi connectivity index (χ1n) is 9.13. The number of hydrogen-bond donors (Lipinski definition) is 0. The van der Waals surface area contributed by atoms with Gasteiger partial charge in [-0.15, -0.1) is 0 Å². The van der Waals surface area contributed by atoms with Crippen molar-refractivity contribution in [3.63, 3.8) is 0 Å². The van der Waals surface area contributed by atoms with E-state index in [4.69, 9.17) is 14.5 Å². The number of methoxy groups -OCH3 is 2. The van der Waals surface area contributed by atoms with E-state index in [0.29, 0.717) is 18.2 Å². The zero-order valence-corrected chi connectivity index (χ0v) is 18.3. The molecule has 0 aliphatic heterocycles. The molecule has 29 heavy (non-hydrogen) atoms. The highest BCUT2D eigenvalue weighted by molar-refractivity contribution is 7.22. The fraction of sp³-hybridized carbons (Fsp3) is 0.400. The van der Waals surface area contributed by atoms with Gasteiger partial charge in [0, 0.05) is 19.2 Å². The second-order valence-corrected chi connectivity index (χ2v) is 7.95. The molecule has 0 aliphatic rings. The van der Waals surface area contributed by atoms with Gasteiger partial charge in [0.1, 0.15) is 5.69 Å². The fourth-order valence-corrected chi connectivity index (χ4v) is 3.95. The first-order chi connectivity index (χ1) is 13.8. The Morgan fingerprint density at radius 3 is 2.45 bits per heavy atom. The van der Waals surface area contributed by atoms with E-state index in [1.54, 1.807) is 4.90 Å². The van der Waals surface area contributed by atoms with Gasteiger partial charge in [0.05, 0.1) is 24.4 Å². The van der Waals surface area contributed by atoms with Gasteiger partial charge in [-0.1, -0.05) is 17.4 Å². The van der Waals surface area contributed by atoms with E-state index in [2.05, 4.69) is 23.0 Å². The van der Waals surface area contributed by atoms with Gasteiger partial charge in [-0.2, -0.15) is 9.97 Å². The van der Waals surface area contributed by atoms with E-state index in [1.807, 2.05) is 32.0 Å². The molecule has 0 saturated heterocycles. The molecule has 0 N–H and O–H groups in total. The number of thiazole rings is 1. The van der Waals surface area contributed by atoms with Gasteiger partial charge in [0.15, 0.2) is 5.13 Å². The van der Waals surface area contributed by atoms with E-state index < -0.39 is 0 Å². The van der Waals surface area contributed by atoms with Crippen LogP contribution in [0.25, 0.3) is 10.2 Å². The monoisotopic (exact) mass is 415 g/mol. The molecule has 2 aromatic heterocycles. The van der Waals surface area contributed by atoms with Crippen LogP contribution < -0.4 is 14.4 Å². The van der Waals surface area contributed by atoms with Crippen molar-refractivity contribution in [2.45, 2.75) is 13.8 Å². The largest absolute Gasteiger partial charge is 0.481 e. The van der Waals surface area contributed by atoms with Gasteiger partial charge in [-0.25, -0.2) is 4.98 Å². The third kappa shape index (κ3) is 4.63. The molecule has 0 atom stereocenters. The molecule has 0 fully saturated rings. The maximum atomic E-state index is 13.4. The second kappa shape index (κ2) is 8.71. The molecule has 0 unspecified atom stereocenters. The SMILES string of the molecule is COc1cc(C(=O)N(CCN(C)C)c2nc3cc(C)cc(C)c3s2)nc(OC)n1. The highest BCUT2D eigenvalue weighted by Crippen LogP contribution is 2.33. The number of hydrogen-bond acceptors (Lipinski definition) is 8. The molecule has 0 radical (unpaired) electrons. The lowest BCUT2D eigenvalue weighted by atomic mass is 10.1. The number of aryl methyl sites for hydroxylation is 2. The lowest BCUT2D eigenvalue weighted by molar-refractivity contribution is 0.0978. The Kier molecular flexibility index (Phi) is 6.29. The van der Waals surface area contributed by atoms with Crippen LogP contribution in [-0.4, -0.2) is 67.2 Å². The van der Waals surface area contributed by atoms with Crippen molar-refractivity contribution in [1.82, 2.24) is 19.9 Å². The number of amides is 1. The number of nitrogens with zero attached hydrogens (tertiary/aromatic N) is 5. The van der Waals surface area contributed by atoms with Crippen LogP contribution in [0.2, 0.25) is 0 Å². The molecule has 0 spiro atoms. The van der Waals surface area contributed by atoms with Crippen LogP contribution in [0.4, 0.5) is 5.13 Å². The Labute approximate surface area is 174 Å². The number of carbonyl (C=O) groups excluding carboxylic acids is 1. The Morgan fingerprint density at radius 1 is 1.03 bits per heavy atom. The summed E-state index contributed by atoms with van der Waals surface area (Å²) in [5.41, 5.74) is 3.38. The minimum absolute atomic E-state index is 0.0797. The third-order valence-corrected chi connectivity index (χ3v) is 5.58. The molecular weight excluding hydrogens is 390 g/mol. The highest BCUT2D eigenvalue weighted by Gasteiger charge is 2.24. The van der Waals surface area contributed by atoms with Crippen molar-refractivity contribution in [3.8, 4) is 11.9 Å². The van der Waals surface area contributed by atoms with E-state index in [0.717, 1.165) is 21.3 Å². The van der Waals surface area contributed by atoms with Crippen molar-refractivity contribution in [3.05, 3.63) is 35.0 Å². The number of likely N-dealkylation sites (N-methyl/N-ethyl adjacent to an activating group) is 1. The predicted molar refractivity (Wildman–Crippen MR) is 114 cm³/mol. The summed E-state index contributed by atoms with van der Waals surface area (Å²) in [4.78, 5) is 30.1. The van der Waals surface area contributed by atoms with Crippen LogP contribution >= 0.6 is 11.3 Å². The van der Waals surface area contributed by atoms with Gasteiger partial charge in [-0.05, 0) is 45.1 Å². The number of ether oxygens (including phenoxy) is 2. The molecule has 8 nitrogen and oxygen atoms in total. The van der Waals surface area contributed by atoms with Crippen molar-refractivity contribution < 1.29 is 14.3 Å². The number of anilines is 1. The normalized spacial score (nSPS) is 11.1. The molecule has 9 heteroatoms. The maximum Gasteiger partial charge on any atom is 0.320 e. The molecule has 0 bridgehead atoms. The number of aromatic nitrogens is 3. The van der Waals surface area contributed by atoms with E-state index in [1.165, 1.54) is 31.6 Å². The Morgan fingerprint density at radius 2 is 1.79 bits per heavy atom. The van der Waals surface area contributed by atoms with E-state index in [9.17, 15) is 4.79 Å².